The van der Waals surface area contributed by atoms with Crippen LogP contribution < -0.4 is 10.4 Å². The van der Waals surface area contributed by atoms with Crippen LogP contribution in [0, 0.1) is 5.92 Å². The third-order valence-corrected chi connectivity index (χ3v) is 18.9. The Morgan fingerprint density at radius 1 is 0.814 bits per heavy atom. The van der Waals surface area contributed by atoms with Crippen LogP contribution in [0.15, 0.2) is 72.8 Å². The summed E-state index contributed by atoms with van der Waals surface area (Å²) >= 11 is 0. The first-order valence-corrected chi connectivity index (χ1v) is 20.8. The third kappa shape index (κ3) is 8.37. The molecule has 7 heteroatoms. The lowest BCUT2D eigenvalue weighted by molar-refractivity contribution is -0.152. The fourth-order valence-corrected chi connectivity index (χ4v) is 11.8. The van der Waals surface area contributed by atoms with E-state index in [1.165, 1.54) is 10.4 Å². The van der Waals surface area contributed by atoms with E-state index < -0.39 is 22.4 Å². The highest BCUT2D eigenvalue weighted by molar-refractivity contribution is 6.99. The van der Waals surface area contributed by atoms with Gasteiger partial charge in [0.15, 0.2) is 14.1 Å². The zero-order chi connectivity index (χ0) is 32.3. The molecule has 2 aromatic carbocycles. The van der Waals surface area contributed by atoms with Gasteiger partial charge in [0.25, 0.3) is 8.32 Å². The Balaban J connectivity index is 1.99. The molecule has 0 aromatic heterocycles. The number of hydrogen-bond acceptors (Lipinski definition) is 5. The van der Waals surface area contributed by atoms with Crippen LogP contribution in [0.4, 0.5) is 0 Å². The van der Waals surface area contributed by atoms with E-state index in [1.54, 1.807) is 0 Å². The van der Waals surface area contributed by atoms with E-state index in [4.69, 9.17) is 18.3 Å². The average Bonchev–Trinajstić information content (AvgIpc) is 3.22. The Morgan fingerprint density at radius 2 is 1.33 bits per heavy atom. The Bertz CT molecular complexity index is 1130. The molecule has 1 heterocycles. The van der Waals surface area contributed by atoms with E-state index in [1.807, 2.05) is 13.8 Å². The first-order chi connectivity index (χ1) is 19.8. The zero-order valence-corrected chi connectivity index (χ0v) is 30.8. The minimum absolute atomic E-state index is 0.0336. The lowest BCUT2D eigenvalue weighted by atomic mass is 10.0. The maximum Gasteiger partial charge on any atom is 0.261 e. The van der Waals surface area contributed by atoms with Crippen molar-refractivity contribution in [3.63, 3.8) is 0 Å². The summed E-state index contributed by atoms with van der Waals surface area (Å²) in [4.78, 5) is 0. The SMILES string of the molecule is CC(O[Si](c1ccccc1)(c1ccccc1)C(C)(C)C)[C@H](C)/C=C\C(O[Si](C)(C)C(C)(C)C)[C@H]1OC(C)(C)O[C@H]1CCO. The first kappa shape index (κ1) is 35.9. The summed E-state index contributed by atoms with van der Waals surface area (Å²) in [5.41, 5.74) is 0. The summed E-state index contributed by atoms with van der Waals surface area (Å²) < 4.78 is 27.1. The summed E-state index contributed by atoms with van der Waals surface area (Å²) in [7, 11) is -4.85. The molecular formula is C36H58O5Si2. The van der Waals surface area contributed by atoms with Gasteiger partial charge in [-0.2, -0.15) is 0 Å². The highest BCUT2D eigenvalue weighted by Gasteiger charge is 2.52. The molecule has 43 heavy (non-hydrogen) atoms. The van der Waals surface area contributed by atoms with Gasteiger partial charge in [0.2, 0.25) is 0 Å². The second kappa shape index (κ2) is 13.8. The molecule has 0 spiro atoms. The number of benzene rings is 2. The van der Waals surface area contributed by atoms with Gasteiger partial charge in [-0.1, -0.05) is 121 Å². The minimum Gasteiger partial charge on any atom is -0.408 e. The summed E-state index contributed by atoms with van der Waals surface area (Å²) in [5, 5.41) is 12.3. The van der Waals surface area contributed by atoms with Crippen LogP contribution in [0.1, 0.15) is 75.7 Å². The van der Waals surface area contributed by atoms with E-state index in [0.717, 1.165) is 0 Å². The average molecular weight is 627 g/mol. The van der Waals surface area contributed by atoms with Crippen LogP contribution in [0.5, 0.6) is 0 Å². The van der Waals surface area contributed by atoms with Gasteiger partial charge >= 0.3 is 0 Å². The van der Waals surface area contributed by atoms with Crippen molar-refractivity contribution in [1.82, 2.24) is 0 Å². The number of hydrogen-bond donors (Lipinski definition) is 1. The Morgan fingerprint density at radius 3 is 1.77 bits per heavy atom. The third-order valence-electron chi connectivity index (χ3n) is 9.32. The molecule has 240 valence electrons. The van der Waals surface area contributed by atoms with Crippen molar-refractivity contribution in [2.75, 3.05) is 6.61 Å². The maximum absolute atomic E-state index is 9.81. The molecule has 2 aromatic rings. The highest BCUT2D eigenvalue weighted by atomic mass is 28.4. The molecule has 0 bridgehead atoms. The zero-order valence-electron chi connectivity index (χ0n) is 28.8. The van der Waals surface area contributed by atoms with Crippen molar-refractivity contribution in [2.45, 2.75) is 129 Å². The maximum atomic E-state index is 9.81. The van der Waals surface area contributed by atoms with Crippen LogP contribution >= 0.6 is 0 Å². The predicted molar refractivity (Wildman–Crippen MR) is 184 cm³/mol. The monoisotopic (exact) mass is 626 g/mol. The largest absolute Gasteiger partial charge is 0.408 e. The Labute approximate surface area is 264 Å². The Hall–Kier alpha value is -1.59. The number of aliphatic hydroxyl groups excluding tert-OH is 1. The van der Waals surface area contributed by atoms with Crippen LogP contribution in [-0.4, -0.2) is 58.6 Å². The lowest BCUT2D eigenvalue weighted by Gasteiger charge is -2.45. The van der Waals surface area contributed by atoms with Crippen LogP contribution in [0.3, 0.4) is 0 Å². The van der Waals surface area contributed by atoms with E-state index in [2.05, 4.69) is 141 Å². The van der Waals surface area contributed by atoms with E-state index in [9.17, 15) is 5.11 Å². The fourth-order valence-electron chi connectivity index (χ4n) is 5.74. The minimum atomic E-state index is -2.69. The number of ether oxygens (including phenoxy) is 2. The van der Waals surface area contributed by atoms with Gasteiger partial charge in [-0.25, -0.2) is 0 Å². The normalized spacial score (nSPS) is 22.1. The molecule has 0 aliphatic carbocycles. The molecule has 1 aliphatic heterocycles. The summed E-state index contributed by atoms with van der Waals surface area (Å²) in [6.45, 7) is 26.6. The van der Waals surface area contributed by atoms with E-state index in [-0.39, 0.29) is 47.0 Å². The van der Waals surface area contributed by atoms with E-state index >= 15 is 0 Å². The van der Waals surface area contributed by atoms with Crippen molar-refractivity contribution < 1.29 is 23.4 Å². The lowest BCUT2D eigenvalue weighted by Crippen LogP contribution is -2.67. The second-order valence-corrected chi connectivity index (χ2v) is 24.2. The second-order valence-electron chi connectivity index (χ2n) is 15.2. The van der Waals surface area contributed by atoms with Gasteiger partial charge in [0, 0.05) is 12.7 Å². The molecule has 1 N–H and O–H groups in total. The van der Waals surface area contributed by atoms with Crippen molar-refractivity contribution in [2.24, 2.45) is 5.92 Å². The highest BCUT2D eigenvalue weighted by Crippen LogP contribution is 2.41. The van der Waals surface area contributed by atoms with Crippen molar-refractivity contribution in [1.29, 1.82) is 0 Å². The van der Waals surface area contributed by atoms with Crippen molar-refractivity contribution in [3.8, 4) is 0 Å². The van der Waals surface area contributed by atoms with Gasteiger partial charge in [0.05, 0.1) is 12.2 Å². The van der Waals surface area contributed by atoms with Crippen molar-refractivity contribution in [3.05, 3.63) is 72.8 Å². The smallest absolute Gasteiger partial charge is 0.261 e. The van der Waals surface area contributed by atoms with Gasteiger partial charge in [-0.05, 0) is 66.7 Å². The fraction of sp³-hybridized carbons (Fsp3) is 0.611. The molecular weight excluding hydrogens is 569 g/mol. The summed E-state index contributed by atoms with van der Waals surface area (Å²) in [6, 6.07) is 21.6. The molecule has 1 fully saturated rings. The molecule has 3 rings (SSSR count). The summed E-state index contributed by atoms with van der Waals surface area (Å²) in [6.07, 6.45) is 4.00. The van der Waals surface area contributed by atoms with Crippen LogP contribution in [0.2, 0.25) is 23.2 Å². The molecule has 2 unspecified atom stereocenters. The standard InChI is InChI=1S/C36H58O5Si2/c1-27(23-24-32(41-42(11,12)34(3,4)5)33-31(25-26-37)38-36(9,10)39-33)28(2)40-43(35(6,7)8,29-19-15-13-16-20-29)30-21-17-14-18-22-30/h13-24,27-28,31-33,37H,25-26H2,1-12H3/b24-23-/t27-,28?,31+,32?,33+/m1/s1. The molecule has 0 radical (unpaired) electrons. The topological polar surface area (TPSA) is 57.2 Å². The quantitative estimate of drug-likeness (QED) is 0.196. The Kier molecular flexibility index (Phi) is 11.5. The van der Waals surface area contributed by atoms with Crippen LogP contribution in [-0.2, 0) is 18.3 Å². The van der Waals surface area contributed by atoms with Gasteiger partial charge in [-0.15, -0.1) is 0 Å². The van der Waals surface area contributed by atoms with Gasteiger partial charge in [-0.3, -0.25) is 0 Å². The molecule has 0 amide bonds. The van der Waals surface area contributed by atoms with Crippen LogP contribution in [0.25, 0.3) is 0 Å². The molecule has 1 saturated heterocycles. The molecule has 5 atom stereocenters. The predicted octanol–water partition coefficient (Wildman–Crippen LogP) is 7.44. The molecule has 5 nitrogen and oxygen atoms in total. The molecule has 1 aliphatic rings. The molecule has 0 saturated carbocycles. The first-order valence-electron chi connectivity index (χ1n) is 16.0. The van der Waals surface area contributed by atoms with Gasteiger partial charge in [0.1, 0.15) is 6.10 Å². The number of aliphatic hydroxyl groups is 1. The van der Waals surface area contributed by atoms with Crippen molar-refractivity contribution >= 4 is 27.0 Å². The number of rotatable bonds is 12. The van der Waals surface area contributed by atoms with E-state index in [0.29, 0.717) is 6.42 Å². The summed E-state index contributed by atoms with van der Waals surface area (Å²) in [5.74, 6) is -0.627. The van der Waals surface area contributed by atoms with Gasteiger partial charge < -0.3 is 23.4 Å².